The Balaban J connectivity index is 0.00000225. The predicted octanol–water partition coefficient (Wildman–Crippen LogP) is 3.32. The summed E-state index contributed by atoms with van der Waals surface area (Å²) in [5.74, 6) is -0.133. The van der Waals surface area contributed by atoms with E-state index in [0.717, 1.165) is 21.1 Å². The van der Waals surface area contributed by atoms with E-state index in [4.69, 9.17) is 22.1 Å². The molecule has 1 aromatic carbocycles. The molecule has 2 heterocycles. The number of benzene rings is 1. The topological polar surface area (TPSA) is 77.2 Å². The maximum Gasteiger partial charge on any atom is 0.240 e. The number of aromatic nitrogens is 1. The van der Waals surface area contributed by atoms with Crippen molar-refractivity contribution in [2.24, 2.45) is 5.73 Å². The van der Waals surface area contributed by atoms with Crippen molar-refractivity contribution in [3.63, 3.8) is 0 Å². The molecule has 0 radical (unpaired) electrons. The third-order valence-electron chi connectivity index (χ3n) is 4.20. The van der Waals surface area contributed by atoms with Gasteiger partial charge in [0.15, 0.2) is 0 Å². The number of hydrogen-bond acceptors (Lipinski definition) is 5. The van der Waals surface area contributed by atoms with E-state index in [1.54, 1.807) is 11.3 Å². The smallest absolute Gasteiger partial charge is 0.240 e. The average Bonchev–Trinajstić information content (AvgIpc) is 2.95. The Morgan fingerprint density at radius 1 is 1.36 bits per heavy atom. The molecule has 5 nitrogen and oxygen atoms in total. The van der Waals surface area contributed by atoms with Crippen molar-refractivity contribution in [1.82, 2.24) is 10.3 Å². The standard InChI is InChI=1S/C17H20ClN3O2S.ClH/c1-11-15(12-2-4-13(18)5-3-12)21-14(24-11)10-20-16(22)17(19)6-8-23-9-7-17;/h2-5H,6-10,19H2,1H3,(H,20,22);1H. The molecular weight excluding hydrogens is 381 g/mol. The van der Waals surface area contributed by atoms with Gasteiger partial charge in [0.2, 0.25) is 5.91 Å². The van der Waals surface area contributed by atoms with E-state index in [1.807, 2.05) is 31.2 Å². The number of nitrogens with zero attached hydrogens (tertiary/aromatic N) is 1. The summed E-state index contributed by atoms with van der Waals surface area (Å²) in [7, 11) is 0. The molecule has 25 heavy (non-hydrogen) atoms. The number of halogens is 2. The zero-order chi connectivity index (χ0) is 17.2. The van der Waals surface area contributed by atoms with Crippen LogP contribution in [0.15, 0.2) is 24.3 Å². The van der Waals surface area contributed by atoms with E-state index in [2.05, 4.69) is 10.3 Å². The van der Waals surface area contributed by atoms with Crippen molar-refractivity contribution in [3.8, 4) is 11.3 Å². The van der Waals surface area contributed by atoms with Gasteiger partial charge in [-0.3, -0.25) is 4.79 Å². The molecule has 3 rings (SSSR count). The number of carbonyl (C=O) groups excluding carboxylic acids is 1. The van der Waals surface area contributed by atoms with Gasteiger partial charge in [-0.05, 0) is 31.9 Å². The molecule has 1 aromatic heterocycles. The van der Waals surface area contributed by atoms with E-state index in [1.165, 1.54) is 0 Å². The Labute approximate surface area is 162 Å². The number of nitrogens with two attached hydrogens (primary N) is 1. The fraction of sp³-hybridized carbons (Fsp3) is 0.412. The van der Waals surface area contributed by atoms with Gasteiger partial charge in [-0.1, -0.05) is 23.7 Å². The van der Waals surface area contributed by atoms with E-state index in [0.29, 0.717) is 37.6 Å². The van der Waals surface area contributed by atoms with Gasteiger partial charge in [-0.25, -0.2) is 4.98 Å². The first-order chi connectivity index (χ1) is 11.5. The molecule has 0 saturated carbocycles. The quantitative estimate of drug-likeness (QED) is 0.823. The molecule has 0 bridgehead atoms. The van der Waals surface area contributed by atoms with Gasteiger partial charge in [-0.2, -0.15) is 0 Å². The Kier molecular flexibility index (Phi) is 6.82. The highest BCUT2D eigenvalue weighted by molar-refractivity contribution is 7.12. The molecule has 0 spiro atoms. The molecule has 0 unspecified atom stereocenters. The zero-order valence-corrected chi connectivity index (χ0v) is 16.3. The summed E-state index contributed by atoms with van der Waals surface area (Å²) in [5.41, 5.74) is 7.30. The van der Waals surface area contributed by atoms with Crippen LogP contribution in [0.25, 0.3) is 11.3 Å². The van der Waals surface area contributed by atoms with Gasteiger partial charge in [0.25, 0.3) is 0 Å². The van der Waals surface area contributed by atoms with Gasteiger partial charge >= 0.3 is 0 Å². The van der Waals surface area contributed by atoms with E-state index < -0.39 is 5.54 Å². The molecule has 0 atom stereocenters. The molecule has 2 aromatic rings. The lowest BCUT2D eigenvalue weighted by atomic mass is 9.90. The van der Waals surface area contributed by atoms with Crippen molar-refractivity contribution in [2.45, 2.75) is 31.8 Å². The molecule has 1 aliphatic rings. The Morgan fingerprint density at radius 3 is 2.64 bits per heavy atom. The first kappa shape index (κ1) is 20.1. The van der Waals surface area contributed by atoms with Gasteiger partial charge in [0.1, 0.15) is 5.01 Å². The van der Waals surface area contributed by atoms with Crippen LogP contribution in [-0.4, -0.2) is 29.6 Å². The Hall–Kier alpha value is -1.18. The first-order valence-electron chi connectivity index (χ1n) is 7.85. The highest BCUT2D eigenvalue weighted by atomic mass is 35.5. The molecular formula is C17H21Cl2N3O2S. The zero-order valence-electron chi connectivity index (χ0n) is 13.9. The summed E-state index contributed by atoms with van der Waals surface area (Å²) in [6.07, 6.45) is 1.09. The molecule has 0 aliphatic carbocycles. The van der Waals surface area contributed by atoms with E-state index >= 15 is 0 Å². The monoisotopic (exact) mass is 401 g/mol. The molecule has 1 amide bonds. The summed E-state index contributed by atoms with van der Waals surface area (Å²) in [6, 6.07) is 7.59. The van der Waals surface area contributed by atoms with E-state index in [-0.39, 0.29) is 18.3 Å². The maximum atomic E-state index is 12.4. The normalized spacial score (nSPS) is 16.1. The summed E-state index contributed by atoms with van der Waals surface area (Å²) in [4.78, 5) is 18.1. The third kappa shape index (κ3) is 4.71. The predicted molar refractivity (Wildman–Crippen MR) is 103 cm³/mol. The van der Waals surface area contributed by atoms with Crippen molar-refractivity contribution >= 4 is 41.3 Å². The van der Waals surface area contributed by atoms with Crippen LogP contribution in [0.3, 0.4) is 0 Å². The summed E-state index contributed by atoms with van der Waals surface area (Å²) in [5, 5.41) is 4.48. The van der Waals surface area contributed by atoms with Gasteiger partial charge in [0, 0.05) is 28.7 Å². The average molecular weight is 402 g/mol. The molecule has 8 heteroatoms. The number of ether oxygens (including phenoxy) is 1. The molecule has 1 fully saturated rings. The lowest BCUT2D eigenvalue weighted by Gasteiger charge is -2.31. The number of amides is 1. The van der Waals surface area contributed by atoms with Gasteiger partial charge in [-0.15, -0.1) is 23.7 Å². The summed E-state index contributed by atoms with van der Waals surface area (Å²) >= 11 is 7.51. The van der Waals surface area contributed by atoms with E-state index in [9.17, 15) is 4.79 Å². The summed E-state index contributed by atoms with van der Waals surface area (Å²) < 4.78 is 5.27. The van der Waals surface area contributed by atoms with Gasteiger partial charge < -0.3 is 15.8 Å². The Morgan fingerprint density at radius 2 is 2.00 bits per heavy atom. The van der Waals surface area contributed by atoms with Crippen molar-refractivity contribution in [1.29, 1.82) is 0 Å². The van der Waals surface area contributed by atoms with Crippen LogP contribution in [0.5, 0.6) is 0 Å². The first-order valence-corrected chi connectivity index (χ1v) is 9.04. The number of carbonyl (C=O) groups is 1. The number of hydrogen-bond donors (Lipinski definition) is 2. The molecule has 1 aliphatic heterocycles. The highest BCUT2D eigenvalue weighted by Gasteiger charge is 2.35. The third-order valence-corrected chi connectivity index (χ3v) is 5.42. The van der Waals surface area contributed by atoms with Crippen molar-refractivity contribution in [2.75, 3.05) is 13.2 Å². The van der Waals surface area contributed by atoms with Gasteiger partial charge in [0.05, 0.1) is 17.8 Å². The molecule has 1 saturated heterocycles. The van der Waals surface area contributed by atoms with Crippen LogP contribution in [0, 0.1) is 6.92 Å². The molecule has 3 N–H and O–H groups in total. The van der Waals surface area contributed by atoms with Crippen LogP contribution in [0.1, 0.15) is 22.7 Å². The largest absolute Gasteiger partial charge is 0.381 e. The van der Waals surface area contributed by atoms with Crippen LogP contribution in [0.2, 0.25) is 5.02 Å². The number of aryl methyl sites for hydroxylation is 1. The SMILES string of the molecule is Cc1sc(CNC(=O)C2(N)CCOCC2)nc1-c1ccc(Cl)cc1.Cl. The van der Waals surface area contributed by atoms with Crippen LogP contribution in [-0.2, 0) is 16.1 Å². The number of rotatable bonds is 4. The number of nitrogens with one attached hydrogen (secondary N) is 1. The van der Waals surface area contributed by atoms with Crippen molar-refractivity contribution < 1.29 is 9.53 Å². The fourth-order valence-corrected chi connectivity index (χ4v) is 3.72. The number of thiazole rings is 1. The molecule has 136 valence electrons. The minimum absolute atomic E-state index is 0. The Bertz CT molecular complexity index is 728. The second-order valence-corrected chi connectivity index (χ2v) is 7.69. The maximum absolute atomic E-state index is 12.4. The van der Waals surface area contributed by atoms with Crippen LogP contribution in [0.4, 0.5) is 0 Å². The fourth-order valence-electron chi connectivity index (χ4n) is 2.70. The van der Waals surface area contributed by atoms with Crippen LogP contribution < -0.4 is 11.1 Å². The minimum Gasteiger partial charge on any atom is -0.381 e. The highest BCUT2D eigenvalue weighted by Crippen LogP contribution is 2.28. The van der Waals surface area contributed by atoms with Crippen molar-refractivity contribution in [3.05, 3.63) is 39.2 Å². The lowest BCUT2D eigenvalue weighted by Crippen LogP contribution is -2.56. The second-order valence-electron chi connectivity index (χ2n) is 5.97. The summed E-state index contributed by atoms with van der Waals surface area (Å²) in [6.45, 7) is 3.47. The lowest BCUT2D eigenvalue weighted by molar-refractivity contribution is -0.129. The second kappa shape index (κ2) is 8.47. The minimum atomic E-state index is -0.830. The van der Waals surface area contributed by atoms with Crippen LogP contribution >= 0.6 is 35.3 Å².